The molecule has 148 valence electrons. The molecule has 5 heteroatoms. The molecule has 0 aliphatic carbocycles. The maximum atomic E-state index is 12.2. The largest absolute Gasteiger partial charge is 0.376 e. The second-order valence-electron chi connectivity index (χ2n) is 6.98. The fraction of sp³-hybridized carbons (Fsp3) is 0.348. The van der Waals surface area contributed by atoms with Crippen molar-refractivity contribution in [1.82, 2.24) is 10.3 Å². The Morgan fingerprint density at radius 2 is 1.89 bits per heavy atom. The van der Waals surface area contributed by atoms with E-state index in [4.69, 9.17) is 0 Å². The minimum Gasteiger partial charge on any atom is -0.376 e. The SMILES string of the molecule is CCN(CC)c1ccc(NCC(=O)NCCc2c[nH]c3ccccc23)c(C)c1. The van der Waals surface area contributed by atoms with Crippen molar-refractivity contribution < 1.29 is 4.79 Å². The normalized spacial score (nSPS) is 10.8. The molecule has 0 radical (unpaired) electrons. The number of aromatic amines is 1. The molecule has 28 heavy (non-hydrogen) atoms. The van der Waals surface area contributed by atoms with Gasteiger partial charge in [0, 0.05) is 48.1 Å². The van der Waals surface area contributed by atoms with E-state index < -0.39 is 0 Å². The van der Waals surface area contributed by atoms with E-state index in [9.17, 15) is 4.79 Å². The molecule has 0 saturated carbocycles. The Labute approximate surface area is 167 Å². The molecule has 0 atom stereocenters. The zero-order chi connectivity index (χ0) is 19.9. The van der Waals surface area contributed by atoms with E-state index in [0.29, 0.717) is 6.54 Å². The summed E-state index contributed by atoms with van der Waals surface area (Å²) in [5.74, 6) is 0.00654. The summed E-state index contributed by atoms with van der Waals surface area (Å²) < 4.78 is 0. The van der Waals surface area contributed by atoms with Gasteiger partial charge in [-0.1, -0.05) is 18.2 Å². The number of hydrogen-bond donors (Lipinski definition) is 3. The predicted octanol–water partition coefficient (Wildman–Crippen LogP) is 4.09. The molecule has 0 aliphatic heterocycles. The average Bonchev–Trinajstić information content (AvgIpc) is 3.11. The third-order valence-electron chi connectivity index (χ3n) is 5.17. The lowest BCUT2D eigenvalue weighted by atomic mass is 10.1. The summed E-state index contributed by atoms with van der Waals surface area (Å²) in [6, 6.07) is 14.6. The lowest BCUT2D eigenvalue weighted by molar-refractivity contribution is -0.119. The highest BCUT2D eigenvalue weighted by molar-refractivity contribution is 5.83. The number of nitrogens with one attached hydrogen (secondary N) is 3. The van der Waals surface area contributed by atoms with Gasteiger partial charge in [0.25, 0.3) is 0 Å². The van der Waals surface area contributed by atoms with Gasteiger partial charge >= 0.3 is 0 Å². The number of benzene rings is 2. The number of amides is 1. The number of nitrogens with zero attached hydrogens (tertiary/aromatic N) is 1. The third kappa shape index (κ3) is 4.66. The number of aryl methyl sites for hydroxylation is 1. The Morgan fingerprint density at radius 3 is 2.64 bits per heavy atom. The molecule has 1 amide bonds. The summed E-state index contributed by atoms with van der Waals surface area (Å²) in [6.07, 6.45) is 2.84. The first-order chi connectivity index (χ1) is 13.6. The van der Waals surface area contributed by atoms with Crippen LogP contribution in [0.15, 0.2) is 48.7 Å². The van der Waals surface area contributed by atoms with E-state index in [1.807, 2.05) is 18.3 Å². The van der Waals surface area contributed by atoms with Crippen molar-refractivity contribution in [3.05, 3.63) is 59.8 Å². The molecule has 2 aromatic carbocycles. The summed E-state index contributed by atoms with van der Waals surface area (Å²) in [5.41, 5.74) is 5.73. The van der Waals surface area contributed by atoms with Gasteiger partial charge in [0.15, 0.2) is 0 Å². The van der Waals surface area contributed by atoms with Gasteiger partial charge in [0.2, 0.25) is 5.91 Å². The number of fused-ring (bicyclic) bond motifs is 1. The van der Waals surface area contributed by atoms with Crippen LogP contribution in [0.3, 0.4) is 0 Å². The third-order valence-corrected chi connectivity index (χ3v) is 5.17. The van der Waals surface area contributed by atoms with Crippen LogP contribution < -0.4 is 15.5 Å². The molecule has 0 saturated heterocycles. The monoisotopic (exact) mass is 378 g/mol. The highest BCUT2D eigenvalue weighted by Gasteiger charge is 2.07. The van der Waals surface area contributed by atoms with E-state index >= 15 is 0 Å². The van der Waals surface area contributed by atoms with E-state index in [0.717, 1.165) is 36.3 Å². The van der Waals surface area contributed by atoms with Gasteiger partial charge in [0.1, 0.15) is 0 Å². The van der Waals surface area contributed by atoms with Gasteiger partial charge in [-0.3, -0.25) is 4.79 Å². The van der Waals surface area contributed by atoms with Crippen molar-refractivity contribution >= 4 is 28.2 Å². The standard InChI is InChI=1S/C23H30N4O/c1-4-27(5-2)19-10-11-21(17(3)14-19)26-16-23(28)24-13-12-18-15-25-22-9-7-6-8-20(18)22/h6-11,14-15,25-26H,4-5,12-13,16H2,1-3H3,(H,24,28). The molecule has 3 rings (SSSR count). The van der Waals surface area contributed by atoms with Gasteiger partial charge in [-0.2, -0.15) is 0 Å². The number of carbonyl (C=O) groups excluding carboxylic acids is 1. The number of rotatable bonds is 9. The topological polar surface area (TPSA) is 60.2 Å². The zero-order valence-corrected chi connectivity index (χ0v) is 17.0. The lowest BCUT2D eigenvalue weighted by Gasteiger charge is -2.22. The molecule has 0 spiro atoms. The first-order valence-corrected chi connectivity index (χ1v) is 10.0. The summed E-state index contributed by atoms with van der Waals surface area (Å²) in [6.45, 7) is 9.27. The molecule has 0 unspecified atom stereocenters. The molecular weight excluding hydrogens is 348 g/mol. The summed E-state index contributed by atoms with van der Waals surface area (Å²) in [4.78, 5) is 17.8. The second kappa shape index (κ2) is 9.31. The number of anilines is 2. The smallest absolute Gasteiger partial charge is 0.239 e. The zero-order valence-electron chi connectivity index (χ0n) is 17.0. The molecule has 3 aromatic rings. The molecule has 0 bridgehead atoms. The number of H-pyrrole nitrogens is 1. The highest BCUT2D eigenvalue weighted by Crippen LogP contribution is 2.22. The van der Waals surface area contributed by atoms with Crippen LogP contribution in [0.1, 0.15) is 25.0 Å². The molecule has 5 nitrogen and oxygen atoms in total. The van der Waals surface area contributed by atoms with Gasteiger partial charge < -0.3 is 20.5 Å². The Hall–Kier alpha value is -2.95. The quantitative estimate of drug-likeness (QED) is 0.525. The minimum atomic E-state index is 0.00654. The van der Waals surface area contributed by atoms with Crippen LogP contribution in [0.25, 0.3) is 10.9 Å². The van der Waals surface area contributed by atoms with Gasteiger partial charge in [0.05, 0.1) is 6.54 Å². The first kappa shape index (κ1) is 19.8. The number of para-hydroxylation sites is 1. The fourth-order valence-electron chi connectivity index (χ4n) is 3.54. The Bertz CT molecular complexity index is 927. The number of hydrogen-bond acceptors (Lipinski definition) is 3. The van der Waals surface area contributed by atoms with Crippen molar-refractivity contribution in [3.8, 4) is 0 Å². The van der Waals surface area contributed by atoms with Crippen LogP contribution >= 0.6 is 0 Å². The Kier molecular flexibility index (Phi) is 6.58. The second-order valence-corrected chi connectivity index (χ2v) is 6.98. The molecule has 0 fully saturated rings. The number of carbonyl (C=O) groups is 1. The van der Waals surface area contributed by atoms with E-state index in [1.165, 1.54) is 16.6 Å². The lowest BCUT2D eigenvalue weighted by Crippen LogP contribution is -2.31. The number of aromatic nitrogens is 1. The van der Waals surface area contributed by atoms with Gasteiger partial charge in [-0.15, -0.1) is 0 Å². The van der Waals surface area contributed by atoms with Crippen LogP contribution in [0, 0.1) is 6.92 Å². The van der Waals surface area contributed by atoms with Crippen molar-refractivity contribution in [2.45, 2.75) is 27.2 Å². The molecule has 3 N–H and O–H groups in total. The van der Waals surface area contributed by atoms with Gasteiger partial charge in [-0.25, -0.2) is 0 Å². The summed E-state index contributed by atoms with van der Waals surface area (Å²) in [7, 11) is 0. The first-order valence-electron chi connectivity index (χ1n) is 10.0. The van der Waals surface area contributed by atoms with Crippen molar-refractivity contribution in [2.24, 2.45) is 0 Å². The van der Waals surface area contributed by atoms with Crippen LogP contribution in [-0.4, -0.2) is 37.1 Å². The van der Waals surface area contributed by atoms with Crippen LogP contribution in [0.5, 0.6) is 0 Å². The van der Waals surface area contributed by atoms with Crippen LogP contribution in [0.2, 0.25) is 0 Å². The Balaban J connectivity index is 1.48. The van der Waals surface area contributed by atoms with Crippen LogP contribution in [-0.2, 0) is 11.2 Å². The molecule has 0 aliphatic rings. The predicted molar refractivity (Wildman–Crippen MR) is 118 cm³/mol. The summed E-state index contributed by atoms with van der Waals surface area (Å²) in [5, 5.41) is 7.47. The molecule has 1 aromatic heterocycles. The van der Waals surface area contributed by atoms with Crippen molar-refractivity contribution in [1.29, 1.82) is 0 Å². The molecule has 1 heterocycles. The van der Waals surface area contributed by atoms with Crippen molar-refractivity contribution in [3.63, 3.8) is 0 Å². The van der Waals surface area contributed by atoms with E-state index in [1.54, 1.807) is 0 Å². The van der Waals surface area contributed by atoms with Gasteiger partial charge in [-0.05, 0) is 62.6 Å². The summed E-state index contributed by atoms with van der Waals surface area (Å²) >= 11 is 0. The van der Waals surface area contributed by atoms with Crippen molar-refractivity contribution in [2.75, 3.05) is 36.4 Å². The minimum absolute atomic E-state index is 0.00654. The average molecular weight is 379 g/mol. The molecular formula is C23H30N4O. The van der Waals surface area contributed by atoms with E-state index in [2.05, 4.69) is 71.6 Å². The maximum absolute atomic E-state index is 12.2. The maximum Gasteiger partial charge on any atom is 0.239 e. The highest BCUT2D eigenvalue weighted by atomic mass is 16.1. The fourth-order valence-corrected chi connectivity index (χ4v) is 3.54. The Morgan fingerprint density at radius 1 is 1.11 bits per heavy atom. The van der Waals surface area contributed by atoms with Crippen LogP contribution in [0.4, 0.5) is 11.4 Å². The van der Waals surface area contributed by atoms with E-state index in [-0.39, 0.29) is 12.5 Å².